The molecule has 0 radical (unpaired) electrons. The van der Waals surface area contributed by atoms with E-state index in [0.29, 0.717) is 31.5 Å². The highest BCUT2D eigenvalue weighted by molar-refractivity contribution is 5.78. The standard InChI is InChI=1S/C23H28N4O3/c28-22-16-26(9-7-24-22)14-18-5-6-21-19-11-17(13-27(21)23(18)29)12-25(15-19)8-1-3-20-4-2-10-30-20/h1-6,10,17,19H,7-9,11-16H2,(H,24,28)/b3-1+/t17-,19+/m0/s1. The van der Waals surface area contributed by atoms with E-state index in [1.165, 1.54) is 0 Å². The summed E-state index contributed by atoms with van der Waals surface area (Å²) in [6, 6.07) is 7.98. The van der Waals surface area contributed by atoms with Crippen LogP contribution in [0.3, 0.4) is 0 Å². The van der Waals surface area contributed by atoms with Gasteiger partial charge in [-0.05, 0) is 36.6 Å². The number of amides is 1. The zero-order valence-electron chi connectivity index (χ0n) is 17.1. The van der Waals surface area contributed by atoms with Gasteiger partial charge in [-0.25, -0.2) is 0 Å². The molecule has 3 aliphatic heterocycles. The maximum atomic E-state index is 13.2. The summed E-state index contributed by atoms with van der Waals surface area (Å²) in [6.07, 6.45) is 7.03. The van der Waals surface area contributed by atoms with Gasteiger partial charge in [0.1, 0.15) is 5.76 Å². The Morgan fingerprint density at radius 2 is 2.07 bits per heavy atom. The van der Waals surface area contributed by atoms with E-state index in [1.54, 1.807) is 6.26 Å². The van der Waals surface area contributed by atoms with Crippen LogP contribution in [0.5, 0.6) is 0 Å². The third-order valence-corrected chi connectivity index (χ3v) is 6.46. The highest BCUT2D eigenvalue weighted by Gasteiger charge is 2.34. The van der Waals surface area contributed by atoms with Gasteiger partial charge in [0.25, 0.3) is 5.56 Å². The summed E-state index contributed by atoms with van der Waals surface area (Å²) < 4.78 is 7.37. The first kappa shape index (κ1) is 19.3. The minimum absolute atomic E-state index is 0.0371. The molecule has 30 heavy (non-hydrogen) atoms. The molecular formula is C23H28N4O3. The Morgan fingerprint density at radius 3 is 2.90 bits per heavy atom. The molecular weight excluding hydrogens is 380 g/mol. The van der Waals surface area contributed by atoms with Crippen molar-refractivity contribution in [2.75, 3.05) is 39.3 Å². The van der Waals surface area contributed by atoms with Gasteiger partial charge in [-0.3, -0.25) is 19.4 Å². The number of likely N-dealkylation sites (tertiary alicyclic amines) is 1. The molecule has 158 valence electrons. The van der Waals surface area contributed by atoms with Crippen LogP contribution in [0.2, 0.25) is 0 Å². The maximum Gasteiger partial charge on any atom is 0.255 e. The molecule has 0 saturated carbocycles. The number of pyridine rings is 1. The van der Waals surface area contributed by atoms with Crippen molar-refractivity contribution in [2.24, 2.45) is 5.92 Å². The summed E-state index contributed by atoms with van der Waals surface area (Å²) in [6.45, 7) is 6.03. The lowest BCUT2D eigenvalue weighted by atomic mass is 9.83. The highest BCUT2D eigenvalue weighted by Crippen LogP contribution is 2.35. The molecule has 0 aliphatic carbocycles. The molecule has 7 nitrogen and oxygen atoms in total. The second-order valence-electron chi connectivity index (χ2n) is 8.69. The Labute approximate surface area is 176 Å². The fraction of sp³-hybridized carbons (Fsp3) is 0.478. The van der Waals surface area contributed by atoms with Gasteiger partial charge < -0.3 is 14.3 Å². The van der Waals surface area contributed by atoms with Crippen molar-refractivity contribution < 1.29 is 9.21 Å². The third-order valence-electron chi connectivity index (χ3n) is 6.46. The van der Waals surface area contributed by atoms with Crippen LogP contribution in [0.1, 0.15) is 29.4 Å². The van der Waals surface area contributed by atoms with E-state index >= 15 is 0 Å². The number of hydrogen-bond acceptors (Lipinski definition) is 5. The quantitative estimate of drug-likeness (QED) is 0.812. The smallest absolute Gasteiger partial charge is 0.255 e. The molecule has 1 N–H and O–H groups in total. The first-order chi connectivity index (χ1) is 14.7. The third kappa shape index (κ3) is 4.00. The second-order valence-corrected chi connectivity index (χ2v) is 8.69. The van der Waals surface area contributed by atoms with Gasteiger partial charge in [-0.1, -0.05) is 12.1 Å². The maximum absolute atomic E-state index is 13.2. The number of piperidine rings is 1. The van der Waals surface area contributed by atoms with E-state index in [2.05, 4.69) is 27.3 Å². The lowest BCUT2D eigenvalue weighted by molar-refractivity contribution is -0.124. The number of furan rings is 1. The van der Waals surface area contributed by atoms with Crippen molar-refractivity contribution in [3.05, 3.63) is 64.0 Å². The van der Waals surface area contributed by atoms with Crippen LogP contribution in [-0.2, 0) is 17.9 Å². The number of rotatable bonds is 5. The molecule has 5 rings (SSSR count). The Kier molecular flexibility index (Phi) is 5.31. The van der Waals surface area contributed by atoms with E-state index in [1.807, 2.05) is 28.8 Å². The lowest BCUT2D eigenvalue weighted by Crippen LogP contribution is -2.49. The lowest BCUT2D eigenvalue weighted by Gasteiger charge is -2.42. The summed E-state index contributed by atoms with van der Waals surface area (Å²) in [7, 11) is 0. The van der Waals surface area contributed by atoms with E-state index in [-0.39, 0.29) is 11.5 Å². The molecule has 0 unspecified atom stereocenters. The van der Waals surface area contributed by atoms with E-state index in [0.717, 1.165) is 56.2 Å². The van der Waals surface area contributed by atoms with E-state index < -0.39 is 0 Å². The molecule has 2 bridgehead atoms. The van der Waals surface area contributed by atoms with Crippen molar-refractivity contribution in [3.63, 3.8) is 0 Å². The first-order valence-corrected chi connectivity index (χ1v) is 10.8. The molecule has 5 heterocycles. The van der Waals surface area contributed by atoms with Crippen LogP contribution in [0.15, 0.2) is 45.8 Å². The van der Waals surface area contributed by atoms with Crippen LogP contribution in [0.4, 0.5) is 0 Å². The topological polar surface area (TPSA) is 70.7 Å². The molecule has 2 aromatic rings. The van der Waals surface area contributed by atoms with Crippen molar-refractivity contribution in [1.29, 1.82) is 0 Å². The number of hydrogen-bond donors (Lipinski definition) is 1. The summed E-state index contributed by atoms with van der Waals surface area (Å²) >= 11 is 0. The van der Waals surface area contributed by atoms with Crippen LogP contribution in [0.25, 0.3) is 6.08 Å². The van der Waals surface area contributed by atoms with Gasteiger partial charge in [-0.15, -0.1) is 0 Å². The fourth-order valence-corrected chi connectivity index (χ4v) is 5.13. The van der Waals surface area contributed by atoms with Gasteiger partial charge in [0, 0.05) is 63.0 Å². The Balaban J connectivity index is 1.28. The van der Waals surface area contributed by atoms with Crippen LogP contribution in [0, 0.1) is 5.92 Å². The Morgan fingerprint density at radius 1 is 1.13 bits per heavy atom. The van der Waals surface area contributed by atoms with Gasteiger partial charge in [0.05, 0.1) is 12.8 Å². The molecule has 2 saturated heterocycles. The predicted octanol–water partition coefficient (Wildman–Crippen LogP) is 1.51. The van der Waals surface area contributed by atoms with E-state index in [9.17, 15) is 9.59 Å². The number of nitrogens with zero attached hydrogens (tertiary/aromatic N) is 3. The SMILES string of the molecule is O=C1CN(Cc2ccc3n(c2=O)C[C@H]2C[C@@H]3CN(C/C=C/c3ccco3)C2)CCN1. The fourth-order valence-electron chi connectivity index (χ4n) is 5.13. The minimum Gasteiger partial charge on any atom is -0.465 e. The summed E-state index contributed by atoms with van der Waals surface area (Å²) in [4.78, 5) is 29.4. The van der Waals surface area contributed by atoms with Crippen molar-refractivity contribution in [1.82, 2.24) is 19.7 Å². The predicted molar refractivity (Wildman–Crippen MR) is 114 cm³/mol. The van der Waals surface area contributed by atoms with Crippen molar-refractivity contribution in [3.8, 4) is 0 Å². The van der Waals surface area contributed by atoms with Gasteiger partial charge in [0.2, 0.25) is 5.91 Å². The monoisotopic (exact) mass is 408 g/mol. The molecule has 2 atom stereocenters. The number of carbonyl (C=O) groups is 1. The Bertz CT molecular complexity index is 994. The largest absolute Gasteiger partial charge is 0.465 e. The second kappa shape index (κ2) is 8.24. The van der Waals surface area contributed by atoms with Gasteiger partial charge in [0.15, 0.2) is 0 Å². The zero-order chi connectivity index (χ0) is 20.5. The number of nitrogens with one attached hydrogen (secondary N) is 1. The van der Waals surface area contributed by atoms with E-state index in [4.69, 9.17) is 4.42 Å². The summed E-state index contributed by atoms with van der Waals surface area (Å²) in [5, 5.41) is 2.84. The number of carbonyl (C=O) groups excluding carboxylic acids is 1. The molecule has 0 aromatic carbocycles. The van der Waals surface area contributed by atoms with Crippen molar-refractivity contribution >= 4 is 12.0 Å². The molecule has 2 aromatic heterocycles. The zero-order valence-corrected chi connectivity index (χ0v) is 17.1. The molecule has 3 aliphatic rings. The van der Waals surface area contributed by atoms with Gasteiger partial charge >= 0.3 is 0 Å². The minimum atomic E-state index is 0.0371. The number of fused-ring (bicyclic) bond motifs is 4. The number of piperazine rings is 1. The van der Waals surface area contributed by atoms with Crippen LogP contribution < -0.4 is 10.9 Å². The molecule has 0 spiro atoms. The molecule has 1 amide bonds. The van der Waals surface area contributed by atoms with Crippen LogP contribution >= 0.6 is 0 Å². The average molecular weight is 409 g/mol. The first-order valence-electron chi connectivity index (χ1n) is 10.8. The molecule has 7 heteroatoms. The average Bonchev–Trinajstić information content (AvgIpc) is 3.24. The normalized spacial score (nSPS) is 24.7. The highest BCUT2D eigenvalue weighted by atomic mass is 16.3. The Hall–Kier alpha value is -2.64. The van der Waals surface area contributed by atoms with Crippen molar-refractivity contribution in [2.45, 2.75) is 25.4 Å². The summed E-state index contributed by atoms with van der Waals surface area (Å²) in [5.41, 5.74) is 2.09. The molecule has 2 fully saturated rings. The van der Waals surface area contributed by atoms with Gasteiger partial charge in [-0.2, -0.15) is 0 Å². The van der Waals surface area contributed by atoms with Crippen LogP contribution in [-0.4, -0.2) is 59.5 Å². The number of aromatic nitrogens is 1. The summed E-state index contributed by atoms with van der Waals surface area (Å²) in [5.74, 6) is 1.82.